The van der Waals surface area contributed by atoms with E-state index in [-0.39, 0.29) is 5.52 Å². The normalized spacial score (nSPS) is 11.2. The van der Waals surface area contributed by atoms with Crippen molar-refractivity contribution < 1.29 is 8.78 Å². The lowest BCUT2D eigenvalue weighted by atomic mass is 10.1. The second-order valence-electron chi connectivity index (χ2n) is 4.76. The monoisotopic (exact) mass is 290 g/mol. The molecule has 0 amide bonds. The van der Waals surface area contributed by atoms with Crippen LogP contribution in [0.25, 0.3) is 11.0 Å². The van der Waals surface area contributed by atoms with Gasteiger partial charge in [0.05, 0.1) is 12.1 Å². The van der Waals surface area contributed by atoms with E-state index in [2.05, 4.69) is 4.98 Å². The van der Waals surface area contributed by atoms with Crippen molar-refractivity contribution in [2.75, 3.05) is 0 Å². The van der Waals surface area contributed by atoms with Crippen LogP contribution in [0.15, 0.2) is 36.4 Å². The highest BCUT2D eigenvalue weighted by atomic mass is 32.1. The number of hydrogen-bond donors (Lipinski definition) is 1. The molecule has 0 aliphatic rings. The lowest BCUT2D eigenvalue weighted by molar-refractivity contribution is 0.512. The Balaban J connectivity index is 2.18. The molecule has 0 unspecified atom stereocenters. The lowest BCUT2D eigenvalue weighted by Crippen LogP contribution is -2.02. The Labute approximate surface area is 119 Å². The van der Waals surface area contributed by atoms with Crippen LogP contribution in [0.3, 0.4) is 0 Å². The van der Waals surface area contributed by atoms with E-state index < -0.39 is 11.6 Å². The van der Waals surface area contributed by atoms with Gasteiger partial charge in [-0.15, -0.1) is 0 Å². The summed E-state index contributed by atoms with van der Waals surface area (Å²) in [6, 6.07) is 10.4. The summed E-state index contributed by atoms with van der Waals surface area (Å²) in [4.78, 5) is 2.90. The first-order valence-electron chi connectivity index (χ1n) is 6.18. The van der Waals surface area contributed by atoms with Crippen LogP contribution >= 0.6 is 12.2 Å². The third-order valence-electron chi connectivity index (χ3n) is 3.25. The van der Waals surface area contributed by atoms with E-state index in [0.717, 1.165) is 17.2 Å². The second kappa shape index (κ2) is 4.83. The van der Waals surface area contributed by atoms with Gasteiger partial charge in [0.15, 0.2) is 16.4 Å². The Morgan fingerprint density at radius 2 is 2.00 bits per heavy atom. The molecule has 0 atom stereocenters. The minimum absolute atomic E-state index is 0.177. The van der Waals surface area contributed by atoms with Crippen LogP contribution in [0.2, 0.25) is 0 Å². The average Bonchev–Trinajstić information content (AvgIpc) is 2.72. The number of nitrogens with zero attached hydrogens (tertiary/aromatic N) is 1. The number of halogens is 2. The predicted octanol–water partition coefficient (Wildman–Crippen LogP) is 4.33. The third kappa shape index (κ3) is 2.14. The Bertz CT molecular complexity index is 849. The molecule has 0 spiro atoms. The van der Waals surface area contributed by atoms with Crippen molar-refractivity contribution in [2.24, 2.45) is 0 Å². The molecule has 1 heterocycles. The van der Waals surface area contributed by atoms with Crippen LogP contribution in [-0.2, 0) is 6.54 Å². The SMILES string of the molecule is Cc1cccc(Cn2c(=S)[nH]c3ccc(F)c(F)c32)c1. The second-order valence-corrected chi connectivity index (χ2v) is 5.15. The molecule has 0 fully saturated rings. The van der Waals surface area contributed by atoms with Crippen molar-refractivity contribution in [1.82, 2.24) is 9.55 Å². The maximum atomic E-state index is 14.0. The first-order valence-corrected chi connectivity index (χ1v) is 6.59. The highest BCUT2D eigenvalue weighted by Gasteiger charge is 2.13. The molecule has 3 aromatic rings. The van der Waals surface area contributed by atoms with Crippen molar-refractivity contribution in [3.63, 3.8) is 0 Å². The van der Waals surface area contributed by atoms with E-state index in [9.17, 15) is 8.78 Å². The molecular weight excluding hydrogens is 278 g/mol. The van der Waals surface area contributed by atoms with Gasteiger partial charge in [0.25, 0.3) is 0 Å². The van der Waals surface area contributed by atoms with Gasteiger partial charge in [-0.1, -0.05) is 29.8 Å². The van der Waals surface area contributed by atoms with E-state index in [1.165, 1.54) is 6.07 Å². The summed E-state index contributed by atoms with van der Waals surface area (Å²) in [5.74, 6) is -1.74. The summed E-state index contributed by atoms with van der Waals surface area (Å²) in [5, 5.41) is 0. The van der Waals surface area contributed by atoms with E-state index in [4.69, 9.17) is 12.2 Å². The molecule has 0 radical (unpaired) electrons. The highest BCUT2D eigenvalue weighted by Crippen LogP contribution is 2.21. The summed E-state index contributed by atoms with van der Waals surface area (Å²) in [5.41, 5.74) is 2.78. The predicted molar refractivity (Wildman–Crippen MR) is 77.3 cm³/mol. The van der Waals surface area contributed by atoms with Gasteiger partial charge in [-0.05, 0) is 36.8 Å². The highest BCUT2D eigenvalue weighted by molar-refractivity contribution is 7.71. The van der Waals surface area contributed by atoms with E-state index in [0.29, 0.717) is 16.8 Å². The molecule has 2 nitrogen and oxygen atoms in total. The van der Waals surface area contributed by atoms with E-state index >= 15 is 0 Å². The van der Waals surface area contributed by atoms with Crippen LogP contribution in [0, 0.1) is 23.3 Å². The molecule has 0 aliphatic carbocycles. The zero-order valence-corrected chi connectivity index (χ0v) is 11.6. The van der Waals surface area contributed by atoms with Gasteiger partial charge < -0.3 is 9.55 Å². The number of nitrogens with one attached hydrogen (secondary N) is 1. The number of benzene rings is 2. The van der Waals surface area contributed by atoms with Gasteiger partial charge in [-0.25, -0.2) is 8.78 Å². The fourth-order valence-corrected chi connectivity index (χ4v) is 2.60. The van der Waals surface area contributed by atoms with Crippen molar-refractivity contribution in [1.29, 1.82) is 0 Å². The van der Waals surface area contributed by atoms with Crippen molar-refractivity contribution in [3.05, 3.63) is 63.9 Å². The maximum absolute atomic E-state index is 14.0. The number of aromatic amines is 1. The summed E-state index contributed by atoms with van der Waals surface area (Å²) in [6.45, 7) is 2.39. The number of hydrogen-bond acceptors (Lipinski definition) is 1. The molecule has 0 saturated carbocycles. The summed E-state index contributed by atoms with van der Waals surface area (Å²) >= 11 is 5.21. The number of rotatable bonds is 2. The third-order valence-corrected chi connectivity index (χ3v) is 3.57. The summed E-state index contributed by atoms with van der Waals surface area (Å²) < 4.78 is 29.4. The molecule has 0 aliphatic heterocycles. The minimum Gasteiger partial charge on any atom is -0.330 e. The van der Waals surface area contributed by atoms with Crippen molar-refractivity contribution >= 4 is 23.3 Å². The van der Waals surface area contributed by atoms with Crippen LogP contribution in [-0.4, -0.2) is 9.55 Å². The van der Waals surface area contributed by atoms with Crippen molar-refractivity contribution in [2.45, 2.75) is 13.5 Å². The standard InChI is InChI=1S/C15H12F2N2S/c1-9-3-2-4-10(7-9)8-19-14-12(18-15(19)20)6-5-11(16)13(14)17/h2-7H,8H2,1H3,(H,18,20). The Hall–Kier alpha value is -2.01. The largest absolute Gasteiger partial charge is 0.330 e. The molecule has 1 aromatic heterocycles. The number of fused-ring (bicyclic) bond motifs is 1. The summed E-state index contributed by atoms with van der Waals surface area (Å²) in [7, 11) is 0. The first kappa shape index (κ1) is 13.0. The average molecular weight is 290 g/mol. The lowest BCUT2D eigenvalue weighted by Gasteiger charge is -2.06. The molecule has 3 rings (SSSR count). The van der Waals surface area contributed by atoms with Crippen LogP contribution in [0.1, 0.15) is 11.1 Å². The van der Waals surface area contributed by atoms with E-state index in [1.54, 1.807) is 4.57 Å². The van der Waals surface area contributed by atoms with Gasteiger partial charge in [0, 0.05) is 0 Å². The van der Waals surface area contributed by atoms with Gasteiger partial charge >= 0.3 is 0 Å². The van der Waals surface area contributed by atoms with Gasteiger partial charge in [0.1, 0.15) is 5.52 Å². The number of aryl methyl sites for hydroxylation is 1. The fourth-order valence-electron chi connectivity index (χ4n) is 2.33. The molecule has 1 N–H and O–H groups in total. The molecular formula is C15H12F2N2S. The molecule has 5 heteroatoms. The Morgan fingerprint density at radius 1 is 1.20 bits per heavy atom. The van der Waals surface area contributed by atoms with Crippen LogP contribution in [0.4, 0.5) is 8.78 Å². The maximum Gasteiger partial charge on any atom is 0.184 e. The number of aromatic nitrogens is 2. The van der Waals surface area contributed by atoms with Gasteiger partial charge in [0.2, 0.25) is 0 Å². The first-order chi connectivity index (χ1) is 9.56. The van der Waals surface area contributed by atoms with Crippen molar-refractivity contribution in [3.8, 4) is 0 Å². The van der Waals surface area contributed by atoms with Gasteiger partial charge in [-0.2, -0.15) is 0 Å². The molecule has 0 saturated heterocycles. The Kier molecular flexibility index (Phi) is 3.14. The molecule has 20 heavy (non-hydrogen) atoms. The molecule has 0 bridgehead atoms. The quantitative estimate of drug-likeness (QED) is 0.697. The van der Waals surface area contributed by atoms with Gasteiger partial charge in [-0.3, -0.25) is 0 Å². The number of imidazole rings is 1. The fraction of sp³-hybridized carbons (Fsp3) is 0.133. The van der Waals surface area contributed by atoms with Crippen LogP contribution in [0.5, 0.6) is 0 Å². The zero-order valence-electron chi connectivity index (χ0n) is 10.8. The topological polar surface area (TPSA) is 20.7 Å². The molecule has 2 aromatic carbocycles. The minimum atomic E-state index is -0.873. The van der Waals surface area contributed by atoms with Crippen LogP contribution < -0.4 is 0 Å². The molecule has 102 valence electrons. The van der Waals surface area contributed by atoms with E-state index in [1.807, 2.05) is 31.2 Å². The Morgan fingerprint density at radius 3 is 2.75 bits per heavy atom. The zero-order chi connectivity index (χ0) is 14.3. The summed E-state index contributed by atoms with van der Waals surface area (Å²) in [6.07, 6.45) is 0. The number of H-pyrrole nitrogens is 1. The smallest absolute Gasteiger partial charge is 0.184 e.